The van der Waals surface area contributed by atoms with E-state index in [0.29, 0.717) is 12.0 Å². The molecular weight excluding hydrogens is 392 g/mol. The lowest BCUT2D eigenvalue weighted by atomic mass is 9.98. The third-order valence-electron chi connectivity index (χ3n) is 5.96. The van der Waals surface area contributed by atoms with Crippen molar-refractivity contribution < 1.29 is 5.11 Å². The first-order valence-corrected chi connectivity index (χ1v) is 12.8. The summed E-state index contributed by atoms with van der Waals surface area (Å²) in [4.78, 5) is 0. The number of rotatable bonds is 8. The highest BCUT2D eigenvalue weighted by molar-refractivity contribution is 5.21. The van der Waals surface area contributed by atoms with E-state index < -0.39 is 0 Å². The second-order valence-corrected chi connectivity index (χ2v) is 8.70. The van der Waals surface area contributed by atoms with Gasteiger partial charge in [-0.15, -0.1) is 0 Å². The number of aliphatic hydroxyl groups excluding tert-OH is 1. The van der Waals surface area contributed by atoms with Crippen LogP contribution < -0.4 is 11.1 Å². The third-order valence-corrected chi connectivity index (χ3v) is 5.96. The van der Waals surface area contributed by atoms with Crippen LogP contribution >= 0.6 is 0 Å². The van der Waals surface area contributed by atoms with E-state index in [9.17, 15) is 5.11 Å². The van der Waals surface area contributed by atoms with Crippen molar-refractivity contribution in [2.24, 2.45) is 23.5 Å². The van der Waals surface area contributed by atoms with Gasteiger partial charge in [0.05, 0.1) is 6.61 Å². The lowest BCUT2D eigenvalue weighted by Gasteiger charge is -2.27. The summed E-state index contributed by atoms with van der Waals surface area (Å²) in [7, 11) is 0. The molecule has 32 heavy (non-hydrogen) atoms. The van der Waals surface area contributed by atoms with Crippen LogP contribution in [0.2, 0.25) is 0 Å². The van der Waals surface area contributed by atoms with Crippen LogP contribution in [-0.4, -0.2) is 17.8 Å². The van der Waals surface area contributed by atoms with Gasteiger partial charge in [-0.25, -0.2) is 0 Å². The molecule has 0 radical (unpaired) electrons. The SMILES string of the molecule is CC.CC.CC(C)[C@@H](CO)NC(c1ccccc1)C1CC1.NC(c1ccccc1)C1CC1. The van der Waals surface area contributed by atoms with Gasteiger partial charge in [-0.05, 0) is 54.6 Å². The standard InChI is InChI=1S/C15H23NO.C10H13N.2C2H6/c1-11(2)14(10-17)16-15(13-8-9-13)12-6-4-3-5-7-12;11-10(9-6-7-9)8-4-2-1-3-5-8;2*1-2/h3-7,11,13-17H,8-10H2,1-2H3;1-5,9-10H,6-7,11H2;2*1-2H3/t14-,15?;;;/m1.../s1. The molecule has 0 aromatic heterocycles. The van der Waals surface area contributed by atoms with E-state index in [1.165, 1.54) is 36.8 Å². The van der Waals surface area contributed by atoms with E-state index in [4.69, 9.17) is 5.73 Å². The average molecular weight is 441 g/mol. The van der Waals surface area contributed by atoms with Gasteiger partial charge in [0, 0.05) is 18.1 Å². The topological polar surface area (TPSA) is 58.3 Å². The molecule has 4 N–H and O–H groups in total. The van der Waals surface area contributed by atoms with Crippen molar-refractivity contribution in [2.45, 2.75) is 85.4 Å². The molecule has 0 heterocycles. The van der Waals surface area contributed by atoms with E-state index >= 15 is 0 Å². The zero-order valence-electron chi connectivity index (χ0n) is 21.3. The molecule has 2 unspecified atom stereocenters. The Bertz CT molecular complexity index is 681. The van der Waals surface area contributed by atoms with Crippen LogP contribution in [0.3, 0.4) is 0 Å². The number of hydrogen-bond donors (Lipinski definition) is 3. The van der Waals surface area contributed by atoms with Gasteiger partial charge >= 0.3 is 0 Å². The van der Waals surface area contributed by atoms with E-state index in [1.807, 2.05) is 33.8 Å². The number of nitrogens with one attached hydrogen (secondary N) is 1. The quantitative estimate of drug-likeness (QED) is 0.419. The van der Waals surface area contributed by atoms with E-state index in [0.717, 1.165) is 11.8 Å². The Labute approximate surface area is 197 Å². The Kier molecular flexibility index (Phi) is 14.2. The van der Waals surface area contributed by atoms with Crippen LogP contribution in [0, 0.1) is 17.8 Å². The van der Waals surface area contributed by atoms with Crippen molar-refractivity contribution in [1.82, 2.24) is 5.32 Å². The molecule has 2 aromatic carbocycles. The molecule has 0 spiro atoms. The maximum atomic E-state index is 9.43. The number of nitrogens with two attached hydrogens (primary N) is 1. The Morgan fingerprint density at radius 3 is 1.59 bits per heavy atom. The van der Waals surface area contributed by atoms with Gasteiger partial charge < -0.3 is 16.2 Å². The molecule has 4 rings (SSSR count). The van der Waals surface area contributed by atoms with E-state index in [2.05, 4.69) is 73.8 Å². The summed E-state index contributed by atoms with van der Waals surface area (Å²) >= 11 is 0. The summed E-state index contributed by atoms with van der Waals surface area (Å²) in [5.74, 6) is 1.98. The summed E-state index contributed by atoms with van der Waals surface area (Å²) < 4.78 is 0. The molecule has 2 aromatic rings. The second-order valence-electron chi connectivity index (χ2n) is 8.70. The van der Waals surface area contributed by atoms with E-state index in [-0.39, 0.29) is 18.7 Å². The lowest BCUT2D eigenvalue weighted by molar-refractivity contribution is 0.194. The summed E-state index contributed by atoms with van der Waals surface area (Å²) in [5.41, 5.74) is 8.64. The van der Waals surface area contributed by atoms with Crippen molar-refractivity contribution in [1.29, 1.82) is 0 Å². The summed E-state index contributed by atoms with van der Waals surface area (Å²) in [6.45, 7) is 12.5. The molecule has 2 aliphatic carbocycles. The predicted molar refractivity (Wildman–Crippen MR) is 140 cm³/mol. The number of hydrogen-bond acceptors (Lipinski definition) is 3. The largest absolute Gasteiger partial charge is 0.395 e. The molecular formula is C29H48N2O. The maximum Gasteiger partial charge on any atom is 0.0587 e. The molecule has 3 atom stereocenters. The minimum absolute atomic E-state index is 0.195. The molecule has 3 nitrogen and oxygen atoms in total. The van der Waals surface area contributed by atoms with Gasteiger partial charge in [0.25, 0.3) is 0 Å². The zero-order chi connectivity index (χ0) is 23.9. The van der Waals surface area contributed by atoms with Gasteiger partial charge in [-0.1, -0.05) is 102 Å². The van der Waals surface area contributed by atoms with Gasteiger partial charge in [-0.2, -0.15) is 0 Å². The van der Waals surface area contributed by atoms with Crippen molar-refractivity contribution >= 4 is 0 Å². The molecule has 2 saturated carbocycles. The normalized spacial score (nSPS) is 17.4. The Balaban J connectivity index is 0.000000294. The predicted octanol–water partition coefficient (Wildman–Crippen LogP) is 6.89. The summed E-state index contributed by atoms with van der Waals surface area (Å²) in [6, 6.07) is 21.9. The van der Waals surface area contributed by atoms with Crippen LogP contribution in [0.5, 0.6) is 0 Å². The Morgan fingerprint density at radius 1 is 0.781 bits per heavy atom. The van der Waals surface area contributed by atoms with E-state index in [1.54, 1.807) is 0 Å². The molecule has 180 valence electrons. The first-order valence-electron chi connectivity index (χ1n) is 12.8. The van der Waals surface area contributed by atoms with Crippen molar-refractivity contribution in [3.63, 3.8) is 0 Å². The molecule has 0 aliphatic heterocycles. The fourth-order valence-corrected chi connectivity index (χ4v) is 3.68. The highest BCUT2D eigenvalue weighted by Gasteiger charge is 2.33. The van der Waals surface area contributed by atoms with Crippen LogP contribution in [0.25, 0.3) is 0 Å². The minimum atomic E-state index is 0.195. The van der Waals surface area contributed by atoms with Gasteiger partial charge in [-0.3, -0.25) is 0 Å². The van der Waals surface area contributed by atoms with Crippen molar-refractivity contribution in [3.05, 3.63) is 71.8 Å². The molecule has 3 heteroatoms. The minimum Gasteiger partial charge on any atom is -0.395 e. The second kappa shape index (κ2) is 16.0. The molecule has 0 bridgehead atoms. The van der Waals surface area contributed by atoms with Crippen LogP contribution in [0.4, 0.5) is 0 Å². The molecule has 2 fully saturated rings. The first kappa shape index (κ1) is 28.4. The average Bonchev–Trinajstić information content (AvgIpc) is 3.77. The molecule has 0 saturated heterocycles. The lowest BCUT2D eigenvalue weighted by Crippen LogP contribution is -2.40. The van der Waals surface area contributed by atoms with Gasteiger partial charge in [0.15, 0.2) is 0 Å². The molecule has 0 amide bonds. The summed E-state index contributed by atoms with van der Waals surface area (Å²) in [5, 5.41) is 13.1. The zero-order valence-corrected chi connectivity index (χ0v) is 21.3. The van der Waals surface area contributed by atoms with Crippen LogP contribution in [0.15, 0.2) is 60.7 Å². The maximum absolute atomic E-state index is 9.43. The fourth-order valence-electron chi connectivity index (χ4n) is 3.68. The monoisotopic (exact) mass is 440 g/mol. The van der Waals surface area contributed by atoms with Gasteiger partial charge in [0.2, 0.25) is 0 Å². The Hall–Kier alpha value is -1.68. The Morgan fingerprint density at radius 2 is 1.22 bits per heavy atom. The van der Waals surface area contributed by atoms with Crippen LogP contribution in [0.1, 0.15) is 90.4 Å². The highest BCUT2D eigenvalue weighted by atomic mass is 16.3. The highest BCUT2D eigenvalue weighted by Crippen LogP contribution is 2.41. The smallest absolute Gasteiger partial charge is 0.0587 e. The number of aliphatic hydroxyl groups is 1. The summed E-state index contributed by atoms with van der Waals surface area (Å²) in [6.07, 6.45) is 5.25. The molecule has 2 aliphatic rings. The van der Waals surface area contributed by atoms with Crippen molar-refractivity contribution in [2.75, 3.05) is 6.61 Å². The third kappa shape index (κ3) is 9.85. The van der Waals surface area contributed by atoms with Crippen LogP contribution in [-0.2, 0) is 0 Å². The van der Waals surface area contributed by atoms with Gasteiger partial charge in [0.1, 0.15) is 0 Å². The first-order chi connectivity index (χ1) is 15.6. The fraction of sp³-hybridized carbons (Fsp3) is 0.586. The number of benzene rings is 2. The van der Waals surface area contributed by atoms with Crippen molar-refractivity contribution in [3.8, 4) is 0 Å².